The SMILES string of the molecule is Cc1cccc(-c2ncc(C(=O)N3CCCC3)c(N(C)C)n2)c1. The van der Waals surface area contributed by atoms with E-state index >= 15 is 0 Å². The van der Waals surface area contributed by atoms with Crippen molar-refractivity contribution in [2.75, 3.05) is 32.1 Å². The third-order valence-corrected chi connectivity index (χ3v) is 4.09. The van der Waals surface area contributed by atoms with Gasteiger partial charge in [-0.05, 0) is 25.8 Å². The largest absolute Gasteiger partial charge is 0.362 e. The number of benzene rings is 1. The second-order valence-corrected chi connectivity index (χ2v) is 6.19. The quantitative estimate of drug-likeness (QED) is 0.874. The number of aryl methyl sites for hydroxylation is 1. The van der Waals surface area contributed by atoms with Crippen molar-refractivity contribution in [2.24, 2.45) is 0 Å². The van der Waals surface area contributed by atoms with Gasteiger partial charge in [0.2, 0.25) is 0 Å². The summed E-state index contributed by atoms with van der Waals surface area (Å²) in [5.74, 6) is 1.35. The third-order valence-electron chi connectivity index (χ3n) is 4.09. The lowest BCUT2D eigenvalue weighted by atomic mass is 10.1. The van der Waals surface area contributed by atoms with E-state index in [1.54, 1.807) is 6.20 Å². The van der Waals surface area contributed by atoms with Crippen LogP contribution in [0.25, 0.3) is 11.4 Å². The number of nitrogens with zero attached hydrogens (tertiary/aromatic N) is 4. The van der Waals surface area contributed by atoms with Gasteiger partial charge in [0.25, 0.3) is 5.91 Å². The predicted octanol–water partition coefficient (Wildman–Crippen LogP) is 2.75. The van der Waals surface area contributed by atoms with E-state index in [1.807, 2.05) is 49.0 Å². The van der Waals surface area contributed by atoms with Gasteiger partial charge in [0.1, 0.15) is 11.4 Å². The lowest BCUT2D eigenvalue weighted by Crippen LogP contribution is -2.30. The van der Waals surface area contributed by atoms with E-state index in [1.165, 1.54) is 0 Å². The first kappa shape index (κ1) is 15.5. The van der Waals surface area contributed by atoms with Crippen molar-refractivity contribution in [3.05, 3.63) is 41.6 Å². The topological polar surface area (TPSA) is 49.3 Å². The number of anilines is 1. The van der Waals surface area contributed by atoms with Gasteiger partial charge in [0, 0.05) is 38.9 Å². The van der Waals surface area contributed by atoms with Crippen LogP contribution in [-0.4, -0.2) is 48.0 Å². The number of hydrogen-bond acceptors (Lipinski definition) is 4. The Balaban J connectivity index is 2.00. The molecule has 1 aromatic carbocycles. The van der Waals surface area contributed by atoms with Crippen LogP contribution in [0.15, 0.2) is 30.5 Å². The number of amides is 1. The molecule has 0 radical (unpaired) electrons. The fourth-order valence-corrected chi connectivity index (χ4v) is 2.88. The van der Waals surface area contributed by atoms with E-state index < -0.39 is 0 Å². The molecule has 0 atom stereocenters. The molecule has 1 aliphatic heterocycles. The molecule has 0 bridgehead atoms. The van der Waals surface area contributed by atoms with E-state index in [0.717, 1.165) is 37.1 Å². The molecule has 1 amide bonds. The predicted molar refractivity (Wildman–Crippen MR) is 91.7 cm³/mol. The molecule has 120 valence electrons. The average molecular weight is 310 g/mol. The summed E-state index contributed by atoms with van der Waals surface area (Å²) in [6, 6.07) is 8.08. The van der Waals surface area contributed by atoms with Gasteiger partial charge in [-0.15, -0.1) is 0 Å². The maximum atomic E-state index is 12.7. The van der Waals surface area contributed by atoms with Gasteiger partial charge in [-0.25, -0.2) is 9.97 Å². The van der Waals surface area contributed by atoms with Crippen LogP contribution in [-0.2, 0) is 0 Å². The highest BCUT2D eigenvalue weighted by Crippen LogP contribution is 2.24. The molecular weight excluding hydrogens is 288 g/mol. The molecule has 1 aromatic heterocycles. The molecule has 0 saturated carbocycles. The minimum absolute atomic E-state index is 0.0296. The van der Waals surface area contributed by atoms with Crippen molar-refractivity contribution in [3.63, 3.8) is 0 Å². The molecule has 5 nitrogen and oxygen atoms in total. The summed E-state index contributed by atoms with van der Waals surface area (Å²) >= 11 is 0. The number of carbonyl (C=O) groups excluding carboxylic acids is 1. The second-order valence-electron chi connectivity index (χ2n) is 6.19. The molecule has 1 saturated heterocycles. The van der Waals surface area contributed by atoms with Crippen LogP contribution in [0.2, 0.25) is 0 Å². The Morgan fingerprint density at radius 1 is 1.22 bits per heavy atom. The molecule has 0 spiro atoms. The van der Waals surface area contributed by atoms with Crippen LogP contribution < -0.4 is 4.90 Å². The van der Waals surface area contributed by atoms with Gasteiger partial charge in [-0.3, -0.25) is 4.79 Å². The van der Waals surface area contributed by atoms with Gasteiger partial charge in [-0.2, -0.15) is 0 Å². The Kier molecular flexibility index (Phi) is 4.28. The van der Waals surface area contributed by atoms with Gasteiger partial charge in [0.05, 0.1) is 0 Å². The van der Waals surface area contributed by atoms with Crippen LogP contribution in [0.3, 0.4) is 0 Å². The minimum atomic E-state index is 0.0296. The first-order chi connectivity index (χ1) is 11.1. The van der Waals surface area contributed by atoms with E-state index in [4.69, 9.17) is 0 Å². The summed E-state index contributed by atoms with van der Waals surface area (Å²) < 4.78 is 0. The van der Waals surface area contributed by atoms with Crippen molar-refractivity contribution < 1.29 is 4.79 Å². The first-order valence-electron chi connectivity index (χ1n) is 7.97. The van der Waals surface area contributed by atoms with E-state index in [2.05, 4.69) is 16.0 Å². The Bertz CT molecular complexity index is 721. The minimum Gasteiger partial charge on any atom is -0.362 e. The zero-order valence-electron chi connectivity index (χ0n) is 13.9. The fraction of sp³-hybridized carbons (Fsp3) is 0.389. The summed E-state index contributed by atoms with van der Waals surface area (Å²) in [4.78, 5) is 25.5. The normalized spacial score (nSPS) is 14.1. The smallest absolute Gasteiger partial charge is 0.259 e. The van der Waals surface area contributed by atoms with Gasteiger partial charge >= 0.3 is 0 Å². The molecule has 3 rings (SSSR count). The highest BCUT2D eigenvalue weighted by molar-refractivity contribution is 5.99. The standard InChI is InChI=1S/C18H22N4O/c1-13-7-6-8-14(11-13)16-19-12-15(17(20-16)21(2)3)18(23)22-9-4-5-10-22/h6-8,11-12H,4-5,9-10H2,1-3H3. The summed E-state index contributed by atoms with van der Waals surface area (Å²) in [7, 11) is 3.81. The molecule has 5 heteroatoms. The van der Waals surface area contributed by atoms with Crippen molar-refractivity contribution in [2.45, 2.75) is 19.8 Å². The molecule has 2 aromatic rings. The molecule has 0 N–H and O–H groups in total. The van der Waals surface area contributed by atoms with E-state index in [-0.39, 0.29) is 5.91 Å². The number of carbonyl (C=O) groups is 1. The number of rotatable bonds is 3. The zero-order chi connectivity index (χ0) is 16.4. The number of likely N-dealkylation sites (tertiary alicyclic amines) is 1. The van der Waals surface area contributed by atoms with Crippen molar-refractivity contribution in [1.82, 2.24) is 14.9 Å². The summed E-state index contributed by atoms with van der Waals surface area (Å²) in [5, 5.41) is 0. The summed E-state index contributed by atoms with van der Waals surface area (Å²) in [6.45, 7) is 3.69. The maximum absolute atomic E-state index is 12.7. The van der Waals surface area contributed by atoms with Gasteiger partial charge in [-0.1, -0.05) is 23.8 Å². The van der Waals surface area contributed by atoms with Crippen LogP contribution in [0.4, 0.5) is 5.82 Å². The van der Waals surface area contributed by atoms with Crippen LogP contribution in [0, 0.1) is 6.92 Å². The van der Waals surface area contributed by atoms with Crippen molar-refractivity contribution in [3.8, 4) is 11.4 Å². The lowest BCUT2D eigenvalue weighted by Gasteiger charge is -2.20. The Morgan fingerprint density at radius 2 is 1.96 bits per heavy atom. The van der Waals surface area contributed by atoms with E-state index in [0.29, 0.717) is 17.2 Å². The summed E-state index contributed by atoms with van der Waals surface area (Å²) in [6.07, 6.45) is 3.82. The number of aromatic nitrogens is 2. The Labute approximate surface area is 137 Å². The van der Waals surface area contributed by atoms with Crippen molar-refractivity contribution in [1.29, 1.82) is 0 Å². The highest BCUT2D eigenvalue weighted by atomic mass is 16.2. The molecule has 2 heterocycles. The molecule has 1 fully saturated rings. The van der Waals surface area contributed by atoms with Crippen LogP contribution in [0.5, 0.6) is 0 Å². The highest BCUT2D eigenvalue weighted by Gasteiger charge is 2.24. The molecule has 1 aliphatic rings. The lowest BCUT2D eigenvalue weighted by molar-refractivity contribution is 0.0792. The molecule has 23 heavy (non-hydrogen) atoms. The third kappa shape index (κ3) is 3.18. The van der Waals surface area contributed by atoms with Crippen molar-refractivity contribution >= 4 is 11.7 Å². The first-order valence-corrected chi connectivity index (χ1v) is 7.97. The van der Waals surface area contributed by atoms with E-state index in [9.17, 15) is 4.79 Å². The summed E-state index contributed by atoms with van der Waals surface area (Å²) in [5.41, 5.74) is 2.70. The monoisotopic (exact) mass is 310 g/mol. The molecule has 0 aliphatic carbocycles. The molecule has 0 unspecified atom stereocenters. The average Bonchev–Trinajstić information content (AvgIpc) is 3.08. The Hall–Kier alpha value is -2.43. The number of hydrogen-bond donors (Lipinski definition) is 0. The van der Waals surface area contributed by atoms with Crippen LogP contribution in [0.1, 0.15) is 28.8 Å². The second kappa shape index (κ2) is 6.36. The Morgan fingerprint density at radius 3 is 2.61 bits per heavy atom. The maximum Gasteiger partial charge on any atom is 0.259 e. The fourth-order valence-electron chi connectivity index (χ4n) is 2.88. The zero-order valence-corrected chi connectivity index (χ0v) is 13.9. The molecular formula is C18H22N4O. The van der Waals surface area contributed by atoms with Gasteiger partial charge < -0.3 is 9.80 Å². The van der Waals surface area contributed by atoms with Crippen LogP contribution >= 0.6 is 0 Å². The van der Waals surface area contributed by atoms with Gasteiger partial charge in [0.15, 0.2) is 5.82 Å².